The van der Waals surface area contributed by atoms with Gasteiger partial charge in [0.1, 0.15) is 0 Å². The fourth-order valence-electron chi connectivity index (χ4n) is 0.416. The van der Waals surface area contributed by atoms with Crippen molar-refractivity contribution >= 4 is 15.6 Å². The maximum absolute atomic E-state index is 10.9. The van der Waals surface area contributed by atoms with Crippen LogP contribution in [0.15, 0.2) is 16.5 Å². The minimum absolute atomic E-state index is 0.288. The Morgan fingerprint density at radius 3 is 2.55 bits per heavy atom. The lowest BCUT2D eigenvalue weighted by Crippen LogP contribution is -1.99. The fourth-order valence-corrected chi connectivity index (χ4v) is 0.910. The molecule has 0 aliphatic rings. The van der Waals surface area contributed by atoms with Gasteiger partial charge in [0.15, 0.2) is 0 Å². The Morgan fingerprint density at radius 2 is 2.18 bits per heavy atom. The lowest BCUT2D eigenvalue weighted by atomic mass is 10.5. The number of amides is 1. The molecule has 0 saturated carbocycles. The Morgan fingerprint density at radius 1 is 1.64 bits per heavy atom. The van der Waals surface area contributed by atoms with Crippen LogP contribution in [0.2, 0.25) is 0 Å². The lowest BCUT2D eigenvalue weighted by Gasteiger charge is -1.89. The Hall–Kier alpha value is -0.680. The molecule has 0 aliphatic heterocycles. The summed E-state index contributed by atoms with van der Waals surface area (Å²) in [6.07, 6.45) is 5.49. The summed E-state index contributed by atoms with van der Waals surface area (Å²) in [4.78, 5) is 10.7. The standard InChI is InChI=1S/C6H12N2O2S/c1-11(2,10)8-6(9)4-3-5-7/h3-4H,5,7H2,1-2H3/b4-3+. The van der Waals surface area contributed by atoms with Gasteiger partial charge in [-0.2, -0.15) is 4.36 Å². The number of hydrogen-bond donors (Lipinski definition) is 1. The van der Waals surface area contributed by atoms with Crippen LogP contribution in [0.4, 0.5) is 0 Å². The Bertz CT molecular complexity index is 266. The Balaban J connectivity index is 4.33. The van der Waals surface area contributed by atoms with E-state index in [-0.39, 0.29) is 6.54 Å². The zero-order chi connectivity index (χ0) is 8.91. The molecular weight excluding hydrogens is 164 g/mol. The first-order chi connectivity index (χ1) is 4.95. The van der Waals surface area contributed by atoms with E-state index >= 15 is 0 Å². The molecule has 0 aromatic heterocycles. The maximum atomic E-state index is 10.9. The van der Waals surface area contributed by atoms with E-state index < -0.39 is 15.6 Å². The largest absolute Gasteiger partial charge is 0.327 e. The number of hydrogen-bond acceptors (Lipinski definition) is 3. The molecule has 0 bridgehead atoms. The van der Waals surface area contributed by atoms with Crippen LogP contribution < -0.4 is 5.73 Å². The van der Waals surface area contributed by atoms with Crippen molar-refractivity contribution < 1.29 is 9.00 Å². The van der Waals surface area contributed by atoms with Crippen molar-refractivity contribution in [1.82, 2.24) is 0 Å². The smallest absolute Gasteiger partial charge is 0.277 e. The van der Waals surface area contributed by atoms with Crippen LogP contribution in [0.25, 0.3) is 0 Å². The predicted molar refractivity (Wildman–Crippen MR) is 45.6 cm³/mol. The third kappa shape index (κ3) is 7.21. The summed E-state index contributed by atoms with van der Waals surface area (Å²) in [6, 6.07) is 0. The summed E-state index contributed by atoms with van der Waals surface area (Å²) in [5.41, 5.74) is 5.09. The zero-order valence-corrected chi connectivity index (χ0v) is 7.43. The average molecular weight is 176 g/mol. The lowest BCUT2D eigenvalue weighted by molar-refractivity contribution is -0.113. The van der Waals surface area contributed by atoms with Gasteiger partial charge < -0.3 is 5.73 Å². The highest BCUT2D eigenvalue weighted by Gasteiger charge is 1.94. The molecule has 0 rings (SSSR count). The summed E-state index contributed by atoms with van der Waals surface area (Å²) in [5.74, 6) is -0.495. The second-order valence-corrected chi connectivity index (χ2v) is 4.79. The van der Waals surface area contributed by atoms with E-state index in [1.807, 2.05) is 0 Å². The summed E-state index contributed by atoms with van der Waals surface area (Å²) in [6.45, 7) is 0.288. The molecule has 0 saturated heterocycles. The van der Waals surface area contributed by atoms with Crippen molar-refractivity contribution in [3.63, 3.8) is 0 Å². The molecule has 0 radical (unpaired) electrons. The van der Waals surface area contributed by atoms with E-state index in [0.29, 0.717) is 0 Å². The van der Waals surface area contributed by atoms with Crippen molar-refractivity contribution in [1.29, 1.82) is 0 Å². The van der Waals surface area contributed by atoms with E-state index in [2.05, 4.69) is 4.36 Å². The normalized spacial score (nSPS) is 11.9. The summed E-state index contributed by atoms with van der Waals surface area (Å²) in [7, 11) is -2.32. The van der Waals surface area contributed by atoms with Crippen LogP contribution in [0.5, 0.6) is 0 Å². The van der Waals surface area contributed by atoms with Crippen molar-refractivity contribution in [3.05, 3.63) is 12.2 Å². The highest BCUT2D eigenvalue weighted by atomic mass is 32.2. The van der Waals surface area contributed by atoms with Gasteiger partial charge in [0.2, 0.25) is 0 Å². The monoisotopic (exact) mass is 176 g/mol. The van der Waals surface area contributed by atoms with Gasteiger partial charge in [-0.05, 0) is 0 Å². The van der Waals surface area contributed by atoms with Crippen LogP contribution in [0.3, 0.4) is 0 Å². The van der Waals surface area contributed by atoms with Gasteiger partial charge in [0, 0.05) is 34.9 Å². The van der Waals surface area contributed by atoms with Crippen LogP contribution in [0.1, 0.15) is 0 Å². The first-order valence-electron chi connectivity index (χ1n) is 3.03. The second-order valence-electron chi connectivity index (χ2n) is 2.25. The van der Waals surface area contributed by atoms with Crippen molar-refractivity contribution in [2.24, 2.45) is 10.1 Å². The third-order valence-electron chi connectivity index (χ3n) is 0.706. The molecule has 0 atom stereocenters. The van der Waals surface area contributed by atoms with Crippen LogP contribution in [-0.2, 0) is 14.5 Å². The highest BCUT2D eigenvalue weighted by Crippen LogP contribution is 1.86. The Kier molecular flexibility index (Phi) is 3.99. The number of nitrogens with two attached hydrogens (primary N) is 1. The topological polar surface area (TPSA) is 72.5 Å². The van der Waals surface area contributed by atoms with E-state index in [0.717, 1.165) is 0 Å². The summed E-state index contributed by atoms with van der Waals surface area (Å²) >= 11 is 0. The van der Waals surface area contributed by atoms with Crippen molar-refractivity contribution in [2.45, 2.75) is 0 Å². The Labute approximate surface area is 66.7 Å². The van der Waals surface area contributed by atoms with Gasteiger partial charge in [0.25, 0.3) is 5.91 Å². The molecular formula is C6H12N2O2S. The predicted octanol–water partition coefficient (Wildman–Crippen LogP) is -0.244. The van der Waals surface area contributed by atoms with Crippen molar-refractivity contribution in [2.75, 3.05) is 19.1 Å². The van der Waals surface area contributed by atoms with Gasteiger partial charge in [-0.25, -0.2) is 4.21 Å². The average Bonchev–Trinajstić information content (AvgIpc) is 1.79. The minimum Gasteiger partial charge on any atom is -0.327 e. The highest BCUT2D eigenvalue weighted by molar-refractivity contribution is 7.92. The van der Waals surface area contributed by atoms with E-state index in [4.69, 9.17) is 5.73 Å². The molecule has 0 fully saturated rings. The molecule has 11 heavy (non-hydrogen) atoms. The summed E-state index contributed by atoms with van der Waals surface area (Å²) in [5, 5.41) is 0. The van der Waals surface area contributed by atoms with Gasteiger partial charge >= 0.3 is 0 Å². The molecule has 0 aromatic carbocycles. The van der Waals surface area contributed by atoms with E-state index in [1.165, 1.54) is 24.7 Å². The molecule has 0 spiro atoms. The molecule has 1 amide bonds. The SMILES string of the molecule is CS(C)(=O)=NC(=O)/C=C/CN. The fraction of sp³-hybridized carbons (Fsp3) is 0.500. The van der Waals surface area contributed by atoms with E-state index in [1.54, 1.807) is 0 Å². The number of rotatable bonds is 2. The van der Waals surface area contributed by atoms with Crippen LogP contribution >= 0.6 is 0 Å². The molecule has 0 aromatic rings. The number of carbonyl (C=O) groups is 1. The van der Waals surface area contributed by atoms with Gasteiger partial charge in [-0.1, -0.05) is 6.08 Å². The molecule has 0 heterocycles. The van der Waals surface area contributed by atoms with Crippen LogP contribution in [-0.4, -0.2) is 29.2 Å². The molecule has 5 heteroatoms. The third-order valence-corrected chi connectivity index (χ3v) is 1.33. The first kappa shape index (κ1) is 10.3. The van der Waals surface area contributed by atoms with Gasteiger partial charge in [-0.15, -0.1) is 0 Å². The van der Waals surface area contributed by atoms with Gasteiger partial charge in [0.05, 0.1) is 0 Å². The number of nitrogens with zero attached hydrogens (tertiary/aromatic N) is 1. The minimum atomic E-state index is -2.32. The molecule has 2 N–H and O–H groups in total. The maximum Gasteiger partial charge on any atom is 0.277 e. The number of carbonyl (C=O) groups excluding carboxylic acids is 1. The quantitative estimate of drug-likeness (QED) is 0.590. The zero-order valence-electron chi connectivity index (χ0n) is 6.61. The molecule has 64 valence electrons. The molecule has 4 nitrogen and oxygen atoms in total. The molecule has 0 unspecified atom stereocenters. The van der Waals surface area contributed by atoms with Crippen LogP contribution in [0, 0.1) is 0 Å². The second kappa shape index (κ2) is 4.25. The van der Waals surface area contributed by atoms with Gasteiger partial charge in [-0.3, -0.25) is 4.79 Å². The first-order valence-corrected chi connectivity index (χ1v) is 5.36. The van der Waals surface area contributed by atoms with Crippen molar-refractivity contribution in [3.8, 4) is 0 Å². The summed E-state index contributed by atoms with van der Waals surface area (Å²) < 4.78 is 14.3. The van der Waals surface area contributed by atoms with E-state index in [9.17, 15) is 9.00 Å². The molecule has 0 aliphatic carbocycles.